The maximum atomic E-state index is 3.92. The molecule has 1 aliphatic heterocycles. The van der Waals surface area contributed by atoms with Gasteiger partial charge in [-0.15, -0.1) is 0 Å². The molecule has 0 bridgehead atoms. The summed E-state index contributed by atoms with van der Waals surface area (Å²) in [5.41, 5.74) is 1.44. The smallest absolute Gasteiger partial charge is 0.0325 e. The molecule has 1 unspecified atom stereocenters. The van der Waals surface area contributed by atoms with Crippen LogP contribution in [0.15, 0.2) is 30.3 Å². The molecule has 0 aliphatic carbocycles. The van der Waals surface area contributed by atoms with Crippen LogP contribution >= 0.6 is 0 Å². The first-order valence-electron chi connectivity index (χ1n) is 8.22. The van der Waals surface area contributed by atoms with E-state index in [1.165, 1.54) is 44.5 Å². The quantitative estimate of drug-likeness (QED) is 0.847. The standard InChI is InChI=1S/C18H30N2/c1-4-20-12-10-17(11-13-20)19-18(14-15(2)3)16-8-6-5-7-9-16/h5-9,15,17-19H,4,10-14H2,1-3H3. The lowest BCUT2D eigenvalue weighted by Crippen LogP contribution is -2.43. The van der Waals surface area contributed by atoms with E-state index >= 15 is 0 Å². The van der Waals surface area contributed by atoms with Crippen LogP contribution in [0.5, 0.6) is 0 Å². The molecule has 1 fully saturated rings. The Balaban J connectivity index is 1.95. The summed E-state index contributed by atoms with van der Waals surface area (Å²) in [5, 5.41) is 3.92. The lowest BCUT2D eigenvalue weighted by Gasteiger charge is -2.34. The zero-order chi connectivity index (χ0) is 14.4. The third kappa shape index (κ3) is 4.60. The van der Waals surface area contributed by atoms with Crippen molar-refractivity contribution in [3.8, 4) is 0 Å². The monoisotopic (exact) mass is 274 g/mol. The second-order valence-electron chi connectivity index (χ2n) is 6.47. The number of hydrogen-bond donors (Lipinski definition) is 1. The SMILES string of the molecule is CCN1CCC(NC(CC(C)C)c2ccccc2)CC1. The molecule has 1 heterocycles. The van der Waals surface area contributed by atoms with Crippen molar-refractivity contribution in [1.29, 1.82) is 0 Å². The molecular weight excluding hydrogens is 244 g/mol. The van der Waals surface area contributed by atoms with Gasteiger partial charge in [0.1, 0.15) is 0 Å². The molecule has 1 saturated heterocycles. The van der Waals surface area contributed by atoms with Gasteiger partial charge >= 0.3 is 0 Å². The highest BCUT2D eigenvalue weighted by Crippen LogP contribution is 2.23. The zero-order valence-electron chi connectivity index (χ0n) is 13.3. The molecule has 0 aromatic heterocycles. The molecule has 1 N–H and O–H groups in total. The topological polar surface area (TPSA) is 15.3 Å². The Hall–Kier alpha value is -0.860. The number of nitrogens with one attached hydrogen (secondary N) is 1. The summed E-state index contributed by atoms with van der Waals surface area (Å²) < 4.78 is 0. The molecular formula is C18H30N2. The molecule has 20 heavy (non-hydrogen) atoms. The van der Waals surface area contributed by atoms with Gasteiger partial charge in [0.05, 0.1) is 0 Å². The van der Waals surface area contributed by atoms with Gasteiger partial charge in [-0.05, 0) is 50.4 Å². The number of rotatable bonds is 6. The van der Waals surface area contributed by atoms with E-state index in [9.17, 15) is 0 Å². The summed E-state index contributed by atoms with van der Waals surface area (Å²) in [4.78, 5) is 2.55. The van der Waals surface area contributed by atoms with Crippen LogP contribution in [0.25, 0.3) is 0 Å². The maximum Gasteiger partial charge on any atom is 0.0325 e. The minimum atomic E-state index is 0.509. The molecule has 1 aromatic carbocycles. The van der Waals surface area contributed by atoms with E-state index in [1.54, 1.807) is 0 Å². The van der Waals surface area contributed by atoms with Gasteiger partial charge in [0, 0.05) is 12.1 Å². The normalized spacial score (nSPS) is 19.4. The Bertz CT molecular complexity index is 366. The average Bonchev–Trinajstić information content (AvgIpc) is 2.48. The van der Waals surface area contributed by atoms with Crippen molar-refractivity contribution in [3.63, 3.8) is 0 Å². The summed E-state index contributed by atoms with van der Waals surface area (Å²) >= 11 is 0. The van der Waals surface area contributed by atoms with Crippen LogP contribution in [0.1, 0.15) is 51.6 Å². The Morgan fingerprint density at radius 1 is 1.15 bits per heavy atom. The number of nitrogens with zero attached hydrogens (tertiary/aromatic N) is 1. The number of hydrogen-bond acceptors (Lipinski definition) is 2. The minimum Gasteiger partial charge on any atom is -0.307 e. The van der Waals surface area contributed by atoms with Gasteiger partial charge in [-0.25, -0.2) is 0 Å². The fourth-order valence-corrected chi connectivity index (χ4v) is 3.16. The van der Waals surface area contributed by atoms with Crippen molar-refractivity contribution in [2.75, 3.05) is 19.6 Å². The average molecular weight is 274 g/mol. The second-order valence-corrected chi connectivity index (χ2v) is 6.47. The first-order valence-corrected chi connectivity index (χ1v) is 8.22. The third-order valence-electron chi connectivity index (χ3n) is 4.38. The van der Waals surface area contributed by atoms with Gasteiger partial charge in [-0.2, -0.15) is 0 Å². The highest BCUT2D eigenvalue weighted by molar-refractivity contribution is 5.19. The van der Waals surface area contributed by atoms with Crippen molar-refractivity contribution in [2.45, 2.75) is 52.1 Å². The molecule has 1 atom stereocenters. The molecule has 0 amide bonds. The van der Waals surface area contributed by atoms with Crippen molar-refractivity contribution in [1.82, 2.24) is 10.2 Å². The first-order chi connectivity index (χ1) is 9.69. The van der Waals surface area contributed by atoms with Crippen LogP contribution in [0.4, 0.5) is 0 Å². The van der Waals surface area contributed by atoms with Crippen LogP contribution < -0.4 is 5.32 Å². The van der Waals surface area contributed by atoms with E-state index < -0.39 is 0 Å². The second kappa shape index (κ2) is 7.80. The summed E-state index contributed by atoms with van der Waals surface area (Å²) in [7, 11) is 0. The lowest BCUT2D eigenvalue weighted by atomic mass is 9.94. The number of piperidine rings is 1. The summed E-state index contributed by atoms with van der Waals surface area (Å²) in [6, 6.07) is 12.1. The largest absolute Gasteiger partial charge is 0.307 e. The fraction of sp³-hybridized carbons (Fsp3) is 0.667. The molecule has 1 aromatic rings. The molecule has 0 spiro atoms. The van der Waals surface area contributed by atoms with Crippen molar-refractivity contribution < 1.29 is 0 Å². The van der Waals surface area contributed by atoms with Gasteiger partial charge in [0.25, 0.3) is 0 Å². The Morgan fingerprint density at radius 2 is 1.80 bits per heavy atom. The van der Waals surface area contributed by atoms with Gasteiger partial charge < -0.3 is 10.2 Å². The predicted molar refractivity (Wildman–Crippen MR) is 86.9 cm³/mol. The van der Waals surface area contributed by atoms with Gasteiger partial charge in [-0.1, -0.05) is 51.1 Å². The third-order valence-corrected chi connectivity index (χ3v) is 4.38. The van der Waals surface area contributed by atoms with Gasteiger partial charge in [0.2, 0.25) is 0 Å². The maximum absolute atomic E-state index is 3.92. The van der Waals surface area contributed by atoms with Gasteiger partial charge in [0.15, 0.2) is 0 Å². The molecule has 112 valence electrons. The first kappa shape index (κ1) is 15.5. The van der Waals surface area contributed by atoms with E-state index in [4.69, 9.17) is 0 Å². The molecule has 2 nitrogen and oxygen atoms in total. The summed E-state index contributed by atoms with van der Waals surface area (Å²) in [6.07, 6.45) is 3.79. The number of benzene rings is 1. The Kier molecular flexibility index (Phi) is 6.06. The Labute approximate surface area is 124 Å². The summed E-state index contributed by atoms with van der Waals surface area (Å²) in [5.74, 6) is 0.725. The van der Waals surface area contributed by atoms with Crippen LogP contribution in [-0.2, 0) is 0 Å². The van der Waals surface area contributed by atoms with E-state index in [2.05, 4.69) is 61.3 Å². The molecule has 0 radical (unpaired) electrons. The van der Waals surface area contributed by atoms with Crippen LogP contribution in [0.2, 0.25) is 0 Å². The zero-order valence-corrected chi connectivity index (χ0v) is 13.3. The van der Waals surface area contributed by atoms with Crippen molar-refractivity contribution >= 4 is 0 Å². The molecule has 2 rings (SSSR count). The predicted octanol–water partition coefficient (Wildman–Crippen LogP) is 3.85. The minimum absolute atomic E-state index is 0.509. The highest BCUT2D eigenvalue weighted by atomic mass is 15.1. The highest BCUT2D eigenvalue weighted by Gasteiger charge is 2.22. The molecule has 2 heteroatoms. The van der Waals surface area contributed by atoms with Crippen molar-refractivity contribution in [3.05, 3.63) is 35.9 Å². The van der Waals surface area contributed by atoms with E-state index in [1.807, 2.05) is 0 Å². The Morgan fingerprint density at radius 3 is 2.35 bits per heavy atom. The van der Waals surface area contributed by atoms with E-state index in [0.717, 1.165) is 5.92 Å². The van der Waals surface area contributed by atoms with Crippen molar-refractivity contribution in [2.24, 2.45) is 5.92 Å². The fourth-order valence-electron chi connectivity index (χ4n) is 3.16. The van der Waals surface area contributed by atoms with E-state index in [-0.39, 0.29) is 0 Å². The van der Waals surface area contributed by atoms with Crippen LogP contribution in [0.3, 0.4) is 0 Å². The number of likely N-dealkylation sites (tertiary alicyclic amines) is 1. The molecule has 0 saturated carbocycles. The van der Waals surface area contributed by atoms with Crippen LogP contribution in [0, 0.1) is 5.92 Å². The molecule has 1 aliphatic rings. The van der Waals surface area contributed by atoms with Crippen LogP contribution in [-0.4, -0.2) is 30.6 Å². The lowest BCUT2D eigenvalue weighted by molar-refractivity contribution is 0.195. The summed E-state index contributed by atoms with van der Waals surface area (Å²) in [6.45, 7) is 10.6. The van der Waals surface area contributed by atoms with Gasteiger partial charge in [-0.3, -0.25) is 0 Å². The van der Waals surface area contributed by atoms with E-state index in [0.29, 0.717) is 12.1 Å².